The van der Waals surface area contributed by atoms with E-state index in [2.05, 4.69) is 11.6 Å². The van der Waals surface area contributed by atoms with Gasteiger partial charge in [-0.3, -0.25) is 9.59 Å². The number of fused-ring (bicyclic) bond motifs is 6. The predicted molar refractivity (Wildman–Crippen MR) is 206 cm³/mol. The largest absolute Gasteiger partial charge is 0.496 e. The third-order valence-corrected chi connectivity index (χ3v) is 10.2. The number of carbonyl (C=O) groups is 2. The second-order valence-electron chi connectivity index (χ2n) is 12.7. The zero-order valence-corrected chi connectivity index (χ0v) is 31.6. The average Bonchev–Trinajstić information content (AvgIpc) is 3.79. The Kier molecular flexibility index (Phi) is 13.6. The lowest BCUT2D eigenvalue weighted by Gasteiger charge is -2.36. The van der Waals surface area contributed by atoms with Crippen molar-refractivity contribution in [3.05, 3.63) is 71.8 Å². The van der Waals surface area contributed by atoms with E-state index in [4.69, 9.17) is 25.8 Å². The SMILES string of the molecule is CC.CCl.COc1cc2c(c3ccccc13)C(CCl)CN2C(=O)CCCC(=O)N1CCc2c1cc(OC1CC(O)C(O)C(CO)O1)c1ccccc21. The zero-order chi connectivity index (χ0) is 37.5. The van der Waals surface area contributed by atoms with Crippen LogP contribution < -0.4 is 19.3 Å². The van der Waals surface area contributed by atoms with E-state index in [0.717, 1.165) is 44.0 Å². The first-order valence-electron chi connectivity index (χ1n) is 17.8. The van der Waals surface area contributed by atoms with Crippen LogP contribution in [0.3, 0.4) is 0 Å². The van der Waals surface area contributed by atoms with Crippen molar-refractivity contribution < 1.29 is 39.1 Å². The van der Waals surface area contributed by atoms with Crippen LogP contribution in [0.5, 0.6) is 11.5 Å². The van der Waals surface area contributed by atoms with E-state index >= 15 is 0 Å². The molecule has 5 unspecified atom stereocenters. The molecule has 280 valence electrons. The number of benzene rings is 4. The number of aliphatic hydroxyl groups excluding tert-OH is 3. The highest BCUT2D eigenvalue weighted by Crippen LogP contribution is 2.46. The van der Waals surface area contributed by atoms with E-state index in [1.807, 2.05) is 74.5 Å². The van der Waals surface area contributed by atoms with Gasteiger partial charge in [-0.1, -0.05) is 62.4 Å². The Hall–Kier alpha value is -3.64. The van der Waals surface area contributed by atoms with Crippen LogP contribution in [0.2, 0.25) is 0 Å². The summed E-state index contributed by atoms with van der Waals surface area (Å²) in [6, 6.07) is 19.5. The number of nitrogens with zero attached hydrogens (tertiary/aromatic N) is 2. The lowest BCUT2D eigenvalue weighted by Crippen LogP contribution is -2.51. The number of aliphatic hydroxyl groups is 3. The Labute approximate surface area is 314 Å². The highest BCUT2D eigenvalue weighted by Gasteiger charge is 2.38. The van der Waals surface area contributed by atoms with E-state index in [1.54, 1.807) is 16.9 Å². The molecule has 3 N–H and O–H groups in total. The summed E-state index contributed by atoms with van der Waals surface area (Å²) >= 11 is 11.0. The van der Waals surface area contributed by atoms with Gasteiger partial charge < -0.3 is 39.3 Å². The summed E-state index contributed by atoms with van der Waals surface area (Å²) in [5.41, 5.74) is 3.65. The van der Waals surface area contributed by atoms with Crippen LogP contribution in [0.15, 0.2) is 60.7 Å². The van der Waals surface area contributed by atoms with Crippen LogP contribution in [-0.2, 0) is 20.7 Å². The van der Waals surface area contributed by atoms with Gasteiger partial charge >= 0.3 is 0 Å². The highest BCUT2D eigenvalue weighted by molar-refractivity contribution is 6.19. The Balaban J connectivity index is 0.00000126. The molecule has 4 aromatic rings. The molecule has 1 fully saturated rings. The van der Waals surface area contributed by atoms with E-state index in [1.165, 1.54) is 6.38 Å². The molecule has 0 bridgehead atoms. The first kappa shape index (κ1) is 39.6. The molecule has 3 aliphatic heterocycles. The predicted octanol–water partition coefficient (Wildman–Crippen LogP) is 6.52. The molecule has 2 amide bonds. The Morgan fingerprint density at radius 2 is 1.48 bits per heavy atom. The van der Waals surface area contributed by atoms with Gasteiger partial charge in [0.2, 0.25) is 18.1 Å². The number of ether oxygens (including phenoxy) is 3. The van der Waals surface area contributed by atoms with E-state index in [-0.39, 0.29) is 37.0 Å². The molecule has 5 atom stereocenters. The standard InChI is InChI=1S/C37H39ClN2O8.C2H6.CH3Cl/c1-46-30-16-28-36(26-10-5-4-9-25(26)30)21(18-38)19-40(28)34(44)12-6-11-33(43)39-14-13-23-22-7-2-3-8-24(22)31(15-27(23)39)47-35-17-29(42)37(45)32(20-41)48-35;2*1-2/h2-5,7-10,15-16,21,29,32,35,37,41-42,45H,6,11-14,17-20H2,1H3;1-2H3;1H3. The molecule has 1 saturated heterocycles. The van der Waals surface area contributed by atoms with Crippen LogP contribution in [-0.4, -0.2) is 90.8 Å². The van der Waals surface area contributed by atoms with Crippen molar-refractivity contribution in [3.63, 3.8) is 0 Å². The van der Waals surface area contributed by atoms with Crippen molar-refractivity contribution in [2.24, 2.45) is 0 Å². The monoisotopic (exact) mass is 754 g/mol. The number of hydrogen-bond donors (Lipinski definition) is 3. The fourth-order valence-corrected chi connectivity index (χ4v) is 7.73. The molecule has 52 heavy (non-hydrogen) atoms. The minimum Gasteiger partial charge on any atom is -0.496 e. The van der Waals surface area contributed by atoms with Gasteiger partial charge in [-0.15, -0.1) is 23.2 Å². The molecule has 12 heteroatoms. The molecule has 0 spiro atoms. The lowest BCUT2D eigenvalue weighted by atomic mass is 9.95. The average molecular weight is 756 g/mol. The van der Waals surface area contributed by atoms with Crippen molar-refractivity contribution in [3.8, 4) is 11.5 Å². The van der Waals surface area contributed by atoms with Crippen molar-refractivity contribution in [2.75, 3.05) is 48.9 Å². The van der Waals surface area contributed by atoms with Gasteiger partial charge in [0.05, 0.1) is 31.2 Å². The quantitative estimate of drug-likeness (QED) is 0.165. The summed E-state index contributed by atoms with van der Waals surface area (Å²) in [5.74, 6) is 1.43. The minimum absolute atomic E-state index is 0.00254. The van der Waals surface area contributed by atoms with Gasteiger partial charge in [0.25, 0.3) is 0 Å². The first-order chi connectivity index (χ1) is 25.3. The topological polar surface area (TPSA) is 129 Å². The number of carbonyl (C=O) groups excluding carboxylic acids is 2. The van der Waals surface area contributed by atoms with Gasteiger partial charge in [0.15, 0.2) is 0 Å². The zero-order valence-electron chi connectivity index (χ0n) is 30.1. The maximum absolute atomic E-state index is 13.6. The molecular formula is C40H48Cl2N2O8. The second kappa shape index (κ2) is 17.9. The summed E-state index contributed by atoms with van der Waals surface area (Å²) in [6.07, 6.45) is -1.23. The number of alkyl halides is 2. The number of hydrogen-bond acceptors (Lipinski definition) is 8. The van der Waals surface area contributed by atoms with Crippen LogP contribution in [0.25, 0.3) is 21.5 Å². The van der Waals surface area contributed by atoms with Crippen LogP contribution in [0, 0.1) is 0 Å². The molecule has 0 aliphatic carbocycles. The van der Waals surface area contributed by atoms with Gasteiger partial charge in [0, 0.05) is 73.4 Å². The van der Waals surface area contributed by atoms with E-state index in [9.17, 15) is 24.9 Å². The summed E-state index contributed by atoms with van der Waals surface area (Å²) < 4.78 is 17.6. The lowest BCUT2D eigenvalue weighted by molar-refractivity contribution is -0.229. The maximum Gasteiger partial charge on any atom is 0.227 e. The third-order valence-electron chi connectivity index (χ3n) is 9.86. The van der Waals surface area contributed by atoms with Crippen molar-refractivity contribution in [1.82, 2.24) is 0 Å². The first-order valence-corrected chi connectivity index (χ1v) is 19.1. The Bertz CT molecular complexity index is 1870. The molecule has 0 saturated carbocycles. The van der Waals surface area contributed by atoms with Crippen molar-refractivity contribution in [2.45, 2.75) is 76.5 Å². The van der Waals surface area contributed by atoms with Crippen molar-refractivity contribution >= 4 is 67.9 Å². The van der Waals surface area contributed by atoms with E-state index < -0.39 is 31.2 Å². The molecule has 0 radical (unpaired) electrons. The summed E-state index contributed by atoms with van der Waals surface area (Å²) in [4.78, 5) is 30.8. The van der Waals surface area contributed by atoms with E-state index in [0.29, 0.717) is 43.3 Å². The molecular weight excluding hydrogens is 707 g/mol. The fraction of sp³-hybridized carbons (Fsp3) is 0.450. The number of rotatable bonds is 9. The fourth-order valence-electron chi connectivity index (χ4n) is 7.48. The molecule has 10 nitrogen and oxygen atoms in total. The summed E-state index contributed by atoms with van der Waals surface area (Å²) in [5, 5.41) is 33.9. The molecule has 4 aromatic carbocycles. The highest BCUT2D eigenvalue weighted by atomic mass is 35.5. The van der Waals surface area contributed by atoms with Gasteiger partial charge in [-0.05, 0) is 34.7 Å². The molecule has 3 heterocycles. The number of halogens is 2. The van der Waals surface area contributed by atoms with Gasteiger partial charge in [0.1, 0.15) is 23.7 Å². The number of amides is 2. The van der Waals surface area contributed by atoms with Gasteiger partial charge in [-0.25, -0.2) is 0 Å². The summed E-state index contributed by atoms with van der Waals surface area (Å²) in [7, 11) is 1.63. The van der Waals surface area contributed by atoms with Crippen LogP contribution in [0.1, 0.15) is 56.6 Å². The molecule has 3 aliphatic rings. The Morgan fingerprint density at radius 1 is 0.885 bits per heavy atom. The van der Waals surface area contributed by atoms with Crippen LogP contribution in [0.4, 0.5) is 11.4 Å². The van der Waals surface area contributed by atoms with Crippen molar-refractivity contribution in [1.29, 1.82) is 0 Å². The number of anilines is 2. The third kappa shape index (κ3) is 7.69. The smallest absolute Gasteiger partial charge is 0.227 e. The second-order valence-corrected chi connectivity index (χ2v) is 13.0. The summed E-state index contributed by atoms with van der Waals surface area (Å²) in [6.45, 7) is 4.53. The van der Waals surface area contributed by atoms with Gasteiger partial charge in [-0.2, -0.15) is 0 Å². The number of methoxy groups -OCH3 is 1. The van der Waals surface area contributed by atoms with Crippen LogP contribution >= 0.6 is 23.2 Å². The normalized spacial score (nSPS) is 21.8. The minimum atomic E-state index is -1.21. The maximum atomic E-state index is 13.6. The molecule has 7 rings (SSSR count). The molecule has 0 aromatic heterocycles. The Morgan fingerprint density at radius 3 is 2.12 bits per heavy atom.